The standard InChI is InChI=1S/C15H23FN2O/c1-10(2)11(3)18-15(19)9-17-12(4)13-6-5-7-14(16)8-13/h5-8,10-12,17H,9H2,1-4H3,(H,18,19). The number of carbonyl (C=O) groups is 1. The molecule has 0 spiro atoms. The van der Waals surface area contributed by atoms with Gasteiger partial charge in [-0.15, -0.1) is 0 Å². The van der Waals surface area contributed by atoms with Gasteiger partial charge in [0, 0.05) is 12.1 Å². The highest BCUT2D eigenvalue weighted by atomic mass is 19.1. The summed E-state index contributed by atoms with van der Waals surface area (Å²) in [6.07, 6.45) is 0. The molecule has 0 aliphatic rings. The number of benzene rings is 1. The molecule has 0 saturated heterocycles. The molecule has 2 unspecified atom stereocenters. The van der Waals surface area contributed by atoms with Crippen LogP contribution in [0.1, 0.15) is 39.3 Å². The molecule has 2 N–H and O–H groups in total. The van der Waals surface area contributed by atoms with E-state index in [-0.39, 0.29) is 30.4 Å². The molecular formula is C15H23FN2O. The van der Waals surface area contributed by atoms with Crippen LogP contribution in [0.2, 0.25) is 0 Å². The van der Waals surface area contributed by atoms with Crippen LogP contribution in [0, 0.1) is 11.7 Å². The predicted molar refractivity (Wildman–Crippen MR) is 75.3 cm³/mol. The Kier molecular flexibility index (Phi) is 5.96. The first-order chi connectivity index (χ1) is 8.90. The quantitative estimate of drug-likeness (QED) is 0.831. The third-order valence-corrected chi connectivity index (χ3v) is 3.31. The van der Waals surface area contributed by atoms with E-state index in [2.05, 4.69) is 24.5 Å². The van der Waals surface area contributed by atoms with E-state index in [1.54, 1.807) is 6.07 Å². The number of rotatable bonds is 6. The van der Waals surface area contributed by atoms with Gasteiger partial charge in [-0.05, 0) is 37.5 Å². The maximum Gasteiger partial charge on any atom is 0.234 e. The van der Waals surface area contributed by atoms with Crippen molar-refractivity contribution in [3.8, 4) is 0 Å². The fraction of sp³-hybridized carbons (Fsp3) is 0.533. The number of nitrogens with one attached hydrogen (secondary N) is 2. The summed E-state index contributed by atoms with van der Waals surface area (Å²) < 4.78 is 13.1. The first kappa shape index (κ1) is 15.6. The summed E-state index contributed by atoms with van der Waals surface area (Å²) >= 11 is 0. The minimum atomic E-state index is -0.260. The van der Waals surface area contributed by atoms with Crippen LogP contribution in [-0.2, 0) is 4.79 Å². The molecule has 19 heavy (non-hydrogen) atoms. The lowest BCUT2D eigenvalue weighted by Crippen LogP contribution is -2.41. The van der Waals surface area contributed by atoms with Crippen LogP contribution in [0.15, 0.2) is 24.3 Å². The van der Waals surface area contributed by atoms with Gasteiger partial charge in [-0.3, -0.25) is 4.79 Å². The Bertz CT molecular complexity index is 420. The van der Waals surface area contributed by atoms with Crippen LogP contribution in [0.3, 0.4) is 0 Å². The summed E-state index contributed by atoms with van der Waals surface area (Å²) in [6, 6.07) is 6.49. The molecule has 1 amide bonds. The van der Waals surface area contributed by atoms with Crippen LogP contribution in [0.25, 0.3) is 0 Å². The molecule has 0 saturated carbocycles. The second kappa shape index (κ2) is 7.24. The van der Waals surface area contributed by atoms with Crippen LogP contribution < -0.4 is 10.6 Å². The first-order valence-corrected chi connectivity index (χ1v) is 6.68. The van der Waals surface area contributed by atoms with Gasteiger partial charge in [-0.25, -0.2) is 4.39 Å². The zero-order chi connectivity index (χ0) is 14.4. The van der Waals surface area contributed by atoms with Gasteiger partial charge in [0.15, 0.2) is 0 Å². The normalized spacial score (nSPS) is 14.2. The highest BCUT2D eigenvalue weighted by Gasteiger charge is 2.12. The van der Waals surface area contributed by atoms with Crippen LogP contribution in [0.5, 0.6) is 0 Å². The lowest BCUT2D eigenvalue weighted by atomic mass is 10.1. The Hall–Kier alpha value is -1.42. The summed E-state index contributed by atoms with van der Waals surface area (Å²) in [5, 5.41) is 6.01. The minimum Gasteiger partial charge on any atom is -0.352 e. The molecule has 4 heteroatoms. The van der Waals surface area contributed by atoms with Crippen molar-refractivity contribution in [1.29, 1.82) is 0 Å². The number of carbonyl (C=O) groups excluding carboxylic acids is 1. The molecule has 0 aromatic heterocycles. The molecule has 1 aromatic carbocycles. The second-order valence-corrected chi connectivity index (χ2v) is 5.26. The number of halogens is 1. The van der Waals surface area contributed by atoms with Gasteiger partial charge in [-0.2, -0.15) is 0 Å². The molecule has 0 aliphatic carbocycles. The number of amides is 1. The van der Waals surface area contributed by atoms with Gasteiger partial charge in [0.25, 0.3) is 0 Å². The van der Waals surface area contributed by atoms with Crippen LogP contribution >= 0.6 is 0 Å². The average molecular weight is 266 g/mol. The van der Waals surface area contributed by atoms with E-state index in [1.807, 2.05) is 19.9 Å². The SMILES string of the molecule is CC(NCC(=O)NC(C)C(C)C)c1cccc(F)c1. The number of hydrogen-bond donors (Lipinski definition) is 2. The summed E-state index contributed by atoms with van der Waals surface area (Å²) in [4.78, 5) is 11.7. The third-order valence-electron chi connectivity index (χ3n) is 3.31. The zero-order valence-corrected chi connectivity index (χ0v) is 12.0. The molecule has 106 valence electrons. The largest absolute Gasteiger partial charge is 0.352 e. The second-order valence-electron chi connectivity index (χ2n) is 5.26. The fourth-order valence-corrected chi connectivity index (χ4v) is 1.61. The molecule has 0 heterocycles. The Morgan fingerprint density at radius 1 is 1.26 bits per heavy atom. The van der Waals surface area contributed by atoms with Gasteiger partial charge in [0.1, 0.15) is 5.82 Å². The van der Waals surface area contributed by atoms with Gasteiger partial charge in [0.2, 0.25) is 5.91 Å². The maximum atomic E-state index is 13.1. The molecule has 0 bridgehead atoms. The molecule has 0 radical (unpaired) electrons. The summed E-state index contributed by atoms with van der Waals surface area (Å²) in [7, 11) is 0. The van der Waals surface area contributed by atoms with E-state index in [1.165, 1.54) is 12.1 Å². The minimum absolute atomic E-state index is 0.0375. The lowest BCUT2D eigenvalue weighted by Gasteiger charge is -2.19. The van der Waals surface area contributed by atoms with Crippen molar-refractivity contribution >= 4 is 5.91 Å². The van der Waals surface area contributed by atoms with E-state index in [9.17, 15) is 9.18 Å². The molecule has 0 aliphatic heterocycles. The maximum absolute atomic E-state index is 13.1. The Balaban J connectivity index is 2.42. The van der Waals surface area contributed by atoms with Crippen molar-refractivity contribution < 1.29 is 9.18 Å². The Morgan fingerprint density at radius 3 is 2.53 bits per heavy atom. The van der Waals surface area contributed by atoms with Crippen molar-refractivity contribution in [2.45, 2.75) is 39.8 Å². The van der Waals surface area contributed by atoms with Crippen molar-refractivity contribution in [1.82, 2.24) is 10.6 Å². The van der Waals surface area contributed by atoms with Crippen LogP contribution in [0.4, 0.5) is 4.39 Å². The molecule has 1 rings (SSSR count). The van der Waals surface area contributed by atoms with Gasteiger partial charge in [0.05, 0.1) is 6.54 Å². The van der Waals surface area contributed by atoms with E-state index < -0.39 is 0 Å². The van der Waals surface area contributed by atoms with E-state index in [0.29, 0.717) is 5.92 Å². The van der Waals surface area contributed by atoms with Gasteiger partial charge >= 0.3 is 0 Å². The average Bonchev–Trinajstić information content (AvgIpc) is 2.35. The highest BCUT2D eigenvalue weighted by Crippen LogP contribution is 2.12. The summed E-state index contributed by atoms with van der Waals surface area (Å²) in [5.41, 5.74) is 0.838. The van der Waals surface area contributed by atoms with Crippen molar-refractivity contribution in [3.63, 3.8) is 0 Å². The lowest BCUT2D eigenvalue weighted by molar-refractivity contribution is -0.121. The van der Waals surface area contributed by atoms with Crippen molar-refractivity contribution in [2.75, 3.05) is 6.54 Å². The van der Waals surface area contributed by atoms with E-state index in [0.717, 1.165) is 5.56 Å². The molecule has 3 nitrogen and oxygen atoms in total. The molecule has 0 fully saturated rings. The zero-order valence-electron chi connectivity index (χ0n) is 12.0. The van der Waals surface area contributed by atoms with Gasteiger partial charge < -0.3 is 10.6 Å². The Morgan fingerprint density at radius 2 is 1.95 bits per heavy atom. The molecular weight excluding hydrogens is 243 g/mol. The smallest absolute Gasteiger partial charge is 0.234 e. The van der Waals surface area contributed by atoms with Gasteiger partial charge in [-0.1, -0.05) is 26.0 Å². The summed E-state index contributed by atoms with van der Waals surface area (Å²) in [5.74, 6) is 0.109. The Labute approximate surface area is 114 Å². The topological polar surface area (TPSA) is 41.1 Å². The van der Waals surface area contributed by atoms with Crippen molar-refractivity contribution in [3.05, 3.63) is 35.6 Å². The predicted octanol–water partition coefficient (Wildman–Crippen LogP) is 2.64. The van der Waals surface area contributed by atoms with E-state index in [4.69, 9.17) is 0 Å². The molecule has 2 atom stereocenters. The van der Waals surface area contributed by atoms with E-state index >= 15 is 0 Å². The fourth-order valence-electron chi connectivity index (χ4n) is 1.61. The van der Waals surface area contributed by atoms with Crippen molar-refractivity contribution in [2.24, 2.45) is 5.92 Å². The molecule has 1 aromatic rings. The first-order valence-electron chi connectivity index (χ1n) is 6.68. The monoisotopic (exact) mass is 266 g/mol. The number of hydrogen-bond acceptors (Lipinski definition) is 2. The third kappa shape index (κ3) is 5.39. The summed E-state index contributed by atoms with van der Waals surface area (Å²) in [6.45, 7) is 8.25. The highest BCUT2D eigenvalue weighted by molar-refractivity contribution is 5.78. The van der Waals surface area contributed by atoms with Crippen LogP contribution in [-0.4, -0.2) is 18.5 Å².